The van der Waals surface area contributed by atoms with Crippen LogP contribution < -0.4 is 0 Å². The molecule has 4 nitrogen and oxygen atoms in total. The summed E-state index contributed by atoms with van der Waals surface area (Å²) in [6.45, 7) is 6.16. The SMILES string of the molecule is CC(C)(C)c1nnc(CSc2ccccn2)o1. The van der Waals surface area contributed by atoms with E-state index in [1.54, 1.807) is 18.0 Å². The predicted molar refractivity (Wildman–Crippen MR) is 66.8 cm³/mol. The molecular weight excluding hydrogens is 234 g/mol. The van der Waals surface area contributed by atoms with Crippen LogP contribution in [-0.4, -0.2) is 15.2 Å². The van der Waals surface area contributed by atoms with Gasteiger partial charge in [-0.25, -0.2) is 4.98 Å². The highest BCUT2D eigenvalue weighted by Gasteiger charge is 2.21. The van der Waals surface area contributed by atoms with Gasteiger partial charge in [0.1, 0.15) is 0 Å². The van der Waals surface area contributed by atoms with E-state index in [2.05, 4.69) is 36.0 Å². The van der Waals surface area contributed by atoms with Gasteiger partial charge in [-0.3, -0.25) is 0 Å². The van der Waals surface area contributed by atoms with Crippen molar-refractivity contribution in [2.45, 2.75) is 37.0 Å². The maximum atomic E-state index is 5.60. The zero-order chi connectivity index (χ0) is 12.3. The molecule has 0 saturated carbocycles. The second-order valence-corrected chi connectivity index (χ2v) is 5.70. The Morgan fingerprint density at radius 2 is 2.06 bits per heavy atom. The molecule has 90 valence electrons. The first-order valence-corrected chi connectivity index (χ1v) is 6.41. The van der Waals surface area contributed by atoms with Gasteiger partial charge in [0, 0.05) is 11.6 Å². The van der Waals surface area contributed by atoms with Crippen molar-refractivity contribution >= 4 is 11.8 Å². The molecule has 0 N–H and O–H groups in total. The van der Waals surface area contributed by atoms with Gasteiger partial charge in [0.15, 0.2) is 0 Å². The number of pyridine rings is 1. The molecule has 0 aliphatic heterocycles. The van der Waals surface area contributed by atoms with E-state index >= 15 is 0 Å². The number of nitrogens with zero attached hydrogens (tertiary/aromatic N) is 3. The Kier molecular flexibility index (Phi) is 3.47. The van der Waals surface area contributed by atoms with Gasteiger partial charge >= 0.3 is 0 Å². The Hall–Kier alpha value is -1.36. The van der Waals surface area contributed by atoms with Crippen molar-refractivity contribution in [3.63, 3.8) is 0 Å². The van der Waals surface area contributed by atoms with E-state index in [9.17, 15) is 0 Å². The molecule has 0 aliphatic carbocycles. The van der Waals surface area contributed by atoms with Crippen molar-refractivity contribution in [2.75, 3.05) is 0 Å². The molecule has 0 spiro atoms. The van der Waals surface area contributed by atoms with Crippen molar-refractivity contribution in [2.24, 2.45) is 0 Å². The number of hydrogen-bond acceptors (Lipinski definition) is 5. The van der Waals surface area contributed by atoms with Crippen LogP contribution in [-0.2, 0) is 11.2 Å². The minimum absolute atomic E-state index is 0.0963. The Bertz CT molecular complexity index is 476. The van der Waals surface area contributed by atoms with Crippen LogP contribution in [0.2, 0.25) is 0 Å². The van der Waals surface area contributed by atoms with Crippen molar-refractivity contribution in [3.8, 4) is 0 Å². The summed E-state index contributed by atoms with van der Waals surface area (Å²) in [6.07, 6.45) is 1.77. The third-order valence-corrected chi connectivity index (χ3v) is 3.02. The first-order chi connectivity index (χ1) is 8.05. The molecule has 2 aromatic heterocycles. The lowest BCUT2D eigenvalue weighted by atomic mass is 9.97. The first kappa shape index (κ1) is 12.1. The Morgan fingerprint density at radius 1 is 1.24 bits per heavy atom. The minimum atomic E-state index is -0.0963. The van der Waals surface area contributed by atoms with Gasteiger partial charge < -0.3 is 4.42 Å². The molecule has 0 unspecified atom stereocenters. The normalized spacial score (nSPS) is 11.7. The quantitative estimate of drug-likeness (QED) is 0.782. The molecule has 0 saturated heterocycles. The van der Waals surface area contributed by atoms with Gasteiger partial charge in [0.25, 0.3) is 0 Å². The number of hydrogen-bond donors (Lipinski definition) is 0. The molecule has 0 fully saturated rings. The van der Waals surface area contributed by atoms with Crippen LogP contribution in [0.4, 0.5) is 0 Å². The van der Waals surface area contributed by atoms with Crippen molar-refractivity contribution in [1.29, 1.82) is 0 Å². The molecule has 0 bridgehead atoms. The summed E-state index contributed by atoms with van der Waals surface area (Å²) in [5, 5.41) is 9.04. The highest BCUT2D eigenvalue weighted by molar-refractivity contribution is 7.98. The molecule has 0 amide bonds. The van der Waals surface area contributed by atoms with Crippen LogP contribution in [0.15, 0.2) is 33.8 Å². The molecule has 2 rings (SSSR count). The Labute approximate surface area is 105 Å². The van der Waals surface area contributed by atoms with E-state index in [4.69, 9.17) is 4.42 Å². The van der Waals surface area contributed by atoms with Crippen LogP contribution in [0.3, 0.4) is 0 Å². The summed E-state index contributed by atoms with van der Waals surface area (Å²) in [6, 6.07) is 5.82. The molecule has 0 aliphatic rings. The molecule has 5 heteroatoms. The average molecular weight is 249 g/mol. The van der Waals surface area contributed by atoms with E-state index < -0.39 is 0 Å². The van der Waals surface area contributed by atoms with Crippen molar-refractivity contribution < 1.29 is 4.42 Å². The van der Waals surface area contributed by atoms with Crippen LogP contribution >= 0.6 is 11.8 Å². The van der Waals surface area contributed by atoms with Crippen LogP contribution in [0.5, 0.6) is 0 Å². The predicted octanol–water partition coefficient (Wildman–Crippen LogP) is 3.05. The lowest BCUT2D eigenvalue weighted by Gasteiger charge is -2.10. The third kappa shape index (κ3) is 3.30. The molecule has 0 aromatic carbocycles. The minimum Gasteiger partial charge on any atom is -0.424 e. The molecular formula is C12H15N3OS. The van der Waals surface area contributed by atoms with E-state index in [-0.39, 0.29) is 5.41 Å². The lowest BCUT2D eigenvalue weighted by molar-refractivity contribution is 0.378. The van der Waals surface area contributed by atoms with Gasteiger partial charge in [-0.2, -0.15) is 0 Å². The summed E-state index contributed by atoms with van der Waals surface area (Å²) < 4.78 is 5.60. The summed E-state index contributed by atoms with van der Waals surface area (Å²) in [5.74, 6) is 1.97. The van der Waals surface area contributed by atoms with Gasteiger partial charge in [-0.15, -0.1) is 10.2 Å². The maximum Gasteiger partial charge on any atom is 0.226 e. The van der Waals surface area contributed by atoms with Crippen LogP contribution in [0.25, 0.3) is 0 Å². The Balaban J connectivity index is 1.99. The highest BCUT2D eigenvalue weighted by Crippen LogP contribution is 2.24. The molecule has 2 heterocycles. The third-order valence-electron chi connectivity index (χ3n) is 2.09. The average Bonchev–Trinajstić information content (AvgIpc) is 2.76. The van der Waals surface area contributed by atoms with Crippen molar-refractivity contribution in [1.82, 2.24) is 15.2 Å². The second-order valence-electron chi connectivity index (χ2n) is 4.71. The van der Waals surface area contributed by atoms with Crippen LogP contribution in [0, 0.1) is 0 Å². The topological polar surface area (TPSA) is 51.8 Å². The fourth-order valence-electron chi connectivity index (χ4n) is 1.18. The van der Waals surface area contributed by atoms with Gasteiger partial charge in [0.2, 0.25) is 11.8 Å². The Morgan fingerprint density at radius 3 is 2.65 bits per heavy atom. The molecule has 17 heavy (non-hydrogen) atoms. The van der Waals surface area contributed by atoms with Gasteiger partial charge in [-0.1, -0.05) is 38.6 Å². The van der Waals surface area contributed by atoms with E-state index in [1.807, 2.05) is 18.2 Å². The number of aromatic nitrogens is 3. The van der Waals surface area contributed by atoms with E-state index in [1.165, 1.54) is 0 Å². The van der Waals surface area contributed by atoms with Gasteiger partial charge in [-0.05, 0) is 12.1 Å². The first-order valence-electron chi connectivity index (χ1n) is 5.42. The van der Waals surface area contributed by atoms with Crippen molar-refractivity contribution in [3.05, 3.63) is 36.2 Å². The molecule has 0 radical (unpaired) electrons. The zero-order valence-corrected chi connectivity index (χ0v) is 11.0. The fraction of sp³-hybridized carbons (Fsp3) is 0.417. The maximum absolute atomic E-state index is 5.60. The largest absolute Gasteiger partial charge is 0.424 e. The summed E-state index contributed by atoms with van der Waals surface area (Å²) >= 11 is 1.59. The van der Waals surface area contributed by atoms with Gasteiger partial charge in [0.05, 0.1) is 10.8 Å². The van der Waals surface area contributed by atoms with E-state index in [0.29, 0.717) is 17.5 Å². The number of rotatable bonds is 3. The van der Waals surface area contributed by atoms with E-state index in [0.717, 1.165) is 5.03 Å². The summed E-state index contributed by atoms with van der Waals surface area (Å²) in [4.78, 5) is 4.22. The lowest BCUT2D eigenvalue weighted by Crippen LogP contribution is -2.11. The smallest absolute Gasteiger partial charge is 0.226 e. The summed E-state index contributed by atoms with van der Waals surface area (Å²) in [7, 11) is 0. The van der Waals surface area contributed by atoms with Crippen LogP contribution in [0.1, 0.15) is 32.6 Å². The monoisotopic (exact) mass is 249 g/mol. The molecule has 0 atom stereocenters. The highest BCUT2D eigenvalue weighted by atomic mass is 32.2. The zero-order valence-electron chi connectivity index (χ0n) is 10.2. The number of thioether (sulfide) groups is 1. The fourth-order valence-corrected chi connectivity index (χ4v) is 1.88. The molecule has 2 aromatic rings. The standard InChI is InChI=1S/C12H15N3OS/c1-12(2,3)11-15-14-9(16-11)8-17-10-6-4-5-7-13-10/h4-7H,8H2,1-3H3. The second kappa shape index (κ2) is 4.87. The summed E-state index contributed by atoms with van der Waals surface area (Å²) in [5.41, 5.74) is -0.0963.